The lowest BCUT2D eigenvalue weighted by Crippen LogP contribution is -2.45. The maximum absolute atomic E-state index is 12.8. The smallest absolute Gasteiger partial charge is 0.387 e. The van der Waals surface area contributed by atoms with Gasteiger partial charge in [-0.15, -0.1) is 0 Å². The van der Waals surface area contributed by atoms with Gasteiger partial charge in [-0.25, -0.2) is 4.57 Å². The first-order chi connectivity index (χ1) is 23.0. The van der Waals surface area contributed by atoms with Crippen LogP contribution in [-0.4, -0.2) is 73.4 Å². The van der Waals surface area contributed by atoms with Crippen molar-refractivity contribution in [1.29, 1.82) is 0 Å². The number of hydrogen-bond acceptors (Lipinski definition) is 5. The summed E-state index contributed by atoms with van der Waals surface area (Å²) in [5.74, 6) is -0.195. The van der Waals surface area contributed by atoms with Crippen molar-refractivity contribution >= 4 is 13.7 Å². The molecular formula is C39H76N2O6P+. The van der Waals surface area contributed by atoms with E-state index in [9.17, 15) is 19.4 Å². The SMILES string of the molecule is CCCC/C=C\C/C=C\CCCCCCCC(=O)NC(COP(=O)(O)OCC[N+](C)(C)C)C(O)/C=C/CCCCCCCCCCCC. The molecule has 0 fully saturated rings. The summed E-state index contributed by atoms with van der Waals surface area (Å²) >= 11 is 0. The molecule has 0 aliphatic carbocycles. The summed E-state index contributed by atoms with van der Waals surface area (Å²) in [6, 6.07) is -0.850. The van der Waals surface area contributed by atoms with Gasteiger partial charge in [0.2, 0.25) is 5.91 Å². The molecule has 3 atom stereocenters. The lowest BCUT2D eigenvalue weighted by molar-refractivity contribution is -0.870. The molecule has 0 bridgehead atoms. The largest absolute Gasteiger partial charge is 0.472 e. The topological polar surface area (TPSA) is 105 Å². The molecule has 0 aromatic carbocycles. The fourth-order valence-corrected chi connectivity index (χ4v) is 5.91. The van der Waals surface area contributed by atoms with Crippen LogP contribution in [-0.2, 0) is 18.4 Å². The molecule has 3 unspecified atom stereocenters. The predicted octanol–water partition coefficient (Wildman–Crippen LogP) is 9.96. The molecule has 9 heteroatoms. The second kappa shape index (κ2) is 31.7. The van der Waals surface area contributed by atoms with E-state index in [0.717, 1.165) is 64.2 Å². The van der Waals surface area contributed by atoms with Crippen molar-refractivity contribution in [3.05, 3.63) is 36.5 Å². The number of rotatable bonds is 34. The Morgan fingerprint density at radius 1 is 0.708 bits per heavy atom. The molecule has 0 aromatic heterocycles. The number of quaternary nitrogens is 1. The average Bonchev–Trinajstić information content (AvgIpc) is 3.02. The van der Waals surface area contributed by atoms with E-state index >= 15 is 0 Å². The van der Waals surface area contributed by atoms with Gasteiger partial charge in [-0.3, -0.25) is 13.8 Å². The van der Waals surface area contributed by atoms with Gasteiger partial charge in [0.15, 0.2) is 0 Å². The van der Waals surface area contributed by atoms with Gasteiger partial charge in [0.05, 0.1) is 39.9 Å². The molecule has 0 aliphatic heterocycles. The van der Waals surface area contributed by atoms with Crippen LogP contribution >= 0.6 is 7.82 Å². The van der Waals surface area contributed by atoms with Crippen LogP contribution in [0.4, 0.5) is 0 Å². The number of hydrogen-bond donors (Lipinski definition) is 3. The molecule has 282 valence electrons. The van der Waals surface area contributed by atoms with Gasteiger partial charge >= 0.3 is 7.82 Å². The highest BCUT2D eigenvalue weighted by atomic mass is 31.2. The number of amides is 1. The van der Waals surface area contributed by atoms with Gasteiger partial charge in [0, 0.05) is 6.42 Å². The molecule has 0 saturated heterocycles. The summed E-state index contributed by atoms with van der Waals surface area (Å²) in [4.78, 5) is 23.0. The molecule has 48 heavy (non-hydrogen) atoms. The molecule has 0 aliphatic rings. The fraction of sp³-hybridized carbons (Fsp3) is 0.821. The lowest BCUT2D eigenvalue weighted by Gasteiger charge is -2.25. The standard InChI is InChI=1S/C39H75N2O6P/c1-6-8-10-12-14-16-18-20-21-23-25-27-29-31-33-39(43)40-37(36-47-48(44,45)46-35-34-41(3,4)5)38(42)32-30-28-26-24-22-19-17-15-13-11-9-7-2/h12,14,18,20,30,32,37-38,42H,6-11,13,15-17,19,21-29,31,33-36H2,1-5H3,(H-,40,43,44,45)/p+1/b14-12-,20-18-,32-30+. The van der Waals surface area contributed by atoms with Crippen molar-refractivity contribution in [2.24, 2.45) is 0 Å². The highest BCUT2D eigenvalue weighted by Crippen LogP contribution is 2.43. The summed E-state index contributed by atoms with van der Waals surface area (Å²) in [7, 11) is 1.56. The molecule has 0 rings (SSSR count). The second-order valence-corrected chi connectivity index (χ2v) is 15.8. The number of phosphoric ester groups is 1. The number of likely N-dealkylation sites (N-methyl/N-ethyl adjacent to an activating group) is 1. The molecule has 8 nitrogen and oxygen atoms in total. The number of aliphatic hydroxyl groups excluding tert-OH is 1. The van der Waals surface area contributed by atoms with Crippen molar-refractivity contribution in [3.63, 3.8) is 0 Å². The Bertz CT molecular complexity index is 886. The first-order valence-corrected chi connectivity index (χ1v) is 20.9. The summed E-state index contributed by atoms with van der Waals surface area (Å²) in [5.41, 5.74) is 0. The monoisotopic (exact) mass is 700 g/mol. The highest BCUT2D eigenvalue weighted by Gasteiger charge is 2.27. The number of phosphoric acid groups is 1. The Morgan fingerprint density at radius 3 is 1.77 bits per heavy atom. The lowest BCUT2D eigenvalue weighted by atomic mass is 10.1. The number of nitrogens with one attached hydrogen (secondary N) is 1. The Labute approximate surface area is 296 Å². The van der Waals surface area contributed by atoms with E-state index in [1.54, 1.807) is 6.08 Å². The van der Waals surface area contributed by atoms with E-state index < -0.39 is 20.0 Å². The molecule has 0 radical (unpaired) electrons. The van der Waals surface area contributed by atoms with Crippen LogP contribution in [0.3, 0.4) is 0 Å². The normalized spacial score (nSPS) is 15.1. The number of nitrogens with zero attached hydrogens (tertiary/aromatic N) is 1. The summed E-state index contributed by atoms with van der Waals surface area (Å²) in [5, 5.41) is 13.7. The molecule has 3 N–H and O–H groups in total. The minimum absolute atomic E-state index is 0.0579. The van der Waals surface area contributed by atoms with Crippen LogP contribution in [0.25, 0.3) is 0 Å². The maximum atomic E-state index is 12.8. The third-order valence-electron chi connectivity index (χ3n) is 8.35. The number of unbranched alkanes of at least 4 members (excludes halogenated alkanes) is 17. The van der Waals surface area contributed by atoms with Crippen LogP contribution in [0, 0.1) is 0 Å². The summed E-state index contributed by atoms with van der Waals surface area (Å²) < 4.78 is 23.4. The highest BCUT2D eigenvalue weighted by molar-refractivity contribution is 7.47. The van der Waals surface area contributed by atoms with Crippen LogP contribution in [0.15, 0.2) is 36.5 Å². The molecular weight excluding hydrogens is 623 g/mol. The zero-order chi connectivity index (χ0) is 35.8. The maximum Gasteiger partial charge on any atom is 0.472 e. The first-order valence-electron chi connectivity index (χ1n) is 19.4. The van der Waals surface area contributed by atoms with Crippen LogP contribution in [0.5, 0.6) is 0 Å². The molecule has 1 amide bonds. The molecule has 0 heterocycles. The van der Waals surface area contributed by atoms with Crippen molar-refractivity contribution < 1.29 is 32.9 Å². The van der Waals surface area contributed by atoms with Crippen molar-refractivity contribution in [2.75, 3.05) is 40.9 Å². The van der Waals surface area contributed by atoms with Gasteiger partial charge in [-0.05, 0) is 44.9 Å². The Hall–Kier alpha value is -1.28. The third-order valence-corrected chi connectivity index (χ3v) is 9.34. The molecule has 0 saturated carbocycles. The Kier molecular flexibility index (Phi) is 30.8. The summed E-state index contributed by atoms with van der Waals surface area (Å²) in [6.07, 6.45) is 36.3. The van der Waals surface area contributed by atoms with E-state index in [4.69, 9.17) is 9.05 Å². The van der Waals surface area contributed by atoms with E-state index in [0.29, 0.717) is 17.4 Å². The minimum atomic E-state index is -4.33. The van der Waals surface area contributed by atoms with Crippen LogP contribution in [0.2, 0.25) is 0 Å². The second-order valence-electron chi connectivity index (χ2n) is 14.3. The number of carbonyl (C=O) groups is 1. The number of carbonyl (C=O) groups excluding carboxylic acids is 1. The van der Waals surface area contributed by atoms with E-state index in [-0.39, 0.29) is 19.1 Å². The Balaban J connectivity index is 4.57. The first kappa shape index (κ1) is 46.7. The fourth-order valence-electron chi connectivity index (χ4n) is 5.17. The predicted molar refractivity (Wildman–Crippen MR) is 203 cm³/mol. The summed E-state index contributed by atoms with van der Waals surface area (Å²) in [6.45, 7) is 4.73. The minimum Gasteiger partial charge on any atom is -0.387 e. The van der Waals surface area contributed by atoms with E-state index in [1.165, 1.54) is 70.6 Å². The quantitative estimate of drug-likeness (QED) is 0.0267. The van der Waals surface area contributed by atoms with Gasteiger partial charge in [-0.2, -0.15) is 0 Å². The Morgan fingerprint density at radius 2 is 1.21 bits per heavy atom. The number of aliphatic hydroxyl groups is 1. The van der Waals surface area contributed by atoms with Crippen LogP contribution < -0.4 is 5.32 Å². The van der Waals surface area contributed by atoms with Gasteiger partial charge in [-0.1, -0.05) is 140 Å². The molecule has 0 aromatic rings. The van der Waals surface area contributed by atoms with Crippen molar-refractivity contribution in [3.8, 4) is 0 Å². The van der Waals surface area contributed by atoms with E-state index in [1.807, 2.05) is 27.2 Å². The van der Waals surface area contributed by atoms with Crippen molar-refractivity contribution in [1.82, 2.24) is 5.32 Å². The van der Waals surface area contributed by atoms with Crippen LogP contribution in [0.1, 0.15) is 155 Å². The average molecular weight is 700 g/mol. The number of allylic oxidation sites excluding steroid dienone is 5. The third kappa shape index (κ3) is 33.2. The van der Waals surface area contributed by atoms with Gasteiger partial charge in [0.1, 0.15) is 13.2 Å². The van der Waals surface area contributed by atoms with Crippen molar-refractivity contribution in [2.45, 2.75) is 167 Å². The van der Waals surface area contributed by atoms with E-state index in [2.05, 4.69) is 43.5 Å². The zero-order valence-electron chi connectivity index (χ0n) is 31.7. The molecule has 0 spiro atoms. The van der Waals surface area contributed by atoms with Gasteiger partial charge in [0.25, 0.3) is 0 Å². The van der Waals surface area contributed by atoms with Gasteiger partial charge < -0.3 is 19.8 Å². The zero-order valence-corrected chi connectivity index (χ0v) is 32.6.